The van der Waals surface area contributed by atoms with Crippen molar-refractivity contribution in [3.8, 4) is 0 Å². The summed E-state index contributed by atoms with van der Waals surface area (Å²) in [6.45, 7) is 0.914. The highest BCUT2D eigenvalue weighted by atomic mass is 19.4. The summed E-state index contributed by atoms with van der Waals surface area (Å²) >= 11 is 0. The molecule has 0 fully saturated rings. The van der Waals surface area contributed by atoms with Gasteiger partial charge in [0.25, 0.3) is 0 Å². The van der Waals surface area contributed by atoms with Crippen molar-refractivity contribution in [1.82, 2.24) is 0 Å². The summed E-state index contributed by atoms with van der Waals surface area (Å²) in [5.74, 6) is -66.6. The fourth-order valence-corrected chi connectivity index (χ4v) is 2.67. The van der Waals surface area contributed by atoms with E-state index in [4.69, 9.17) is 0 Å². The Labute approximate surface area is 187 Å². The van der Waals surface area contributed by atoms with E-state index in [1.807, 2.05) is 0 Å². The minimum Gasteiger partial charge on any atom is -0.194 e. The van der Waals surface area contributed by atoms with Gasteiger partial charge in [-0.2, -0.15) is 83.4 Å². The summed E-state index contributed by atoms with van der Waals surface area (Å²) in [5.41, 5.74) is -3.24. The second kappa shape index (κ2) is 8.46. The van der Waals surface area contributed by atoms with E-state index >= 15 is 0 Å². The van der Waals surface area contributed by atoms with E-state index in [-0.39, 0.29) is 6.07 Å². The normalized spacial score (nSPS) is 15.9. The van der Waals surface area contributed by atoms with Crippen molar-refractivity contribution < 1.29 is 83.4 Å². The lowest BCUT2D eigenvalue weighted by molar-refractivity contribution is -0.469. The highest BCUT2D eigenvalue weighted by Gasteiger charge is 2.96. The van der Waals surface area contributed by atoms with Crippen LogP contribution in [0, 0.1) is 0 Å². The lowest BCUT2D eigenvalue weighted by Crippen LogP contribution is -2.75. The van der Waals surface area contributed by atoms with Gasteiger partial charge in [-0.05, 0) is 12.0 Å². The molecule has 0 unspecified atom stereocenters. The molecule has 0 N–H and O–H groups in total. The third-order valence-corrected chi connectivity index (χ3v) is 4.85. The van der Waals surface area contributed by atoms with E-state index in [1.54, 1.807) is 0 Å². The van der Waals surface area contributed by atoms with Gasteiger partial charge >= 0.3 is 53.6 Å². The fourth-order valence-electron chi connectivity index (χ4n) is 2.67. The molecule has 0 nitrogen and oxygen atoms in total. The number of alkyl halides is 19. The molecule has 0 aromatic heterocycles. The zero-order chi connectivity index (χ0) is 29.2. The van der Waals surface area contributed by atoms with Crippen molar-refractivity contribution in [2.24, 2.45) is 0 Å². The van der Waals surface area contributed by atoms with Gasteiger partial charge in [0.05, 0.1) is 0 Å². The van der Waals surface area contributed by atoms with Gasteiger partial charge in [-0.15, -0.1) is 0 Å². The van der Waals surface area contributed by atoms with Gasteiger partial charge in [-0.1, -0.05) is 31.2 Å². The van der Waals surface area contributed by atoms with E-state index < -0.39 is 71.1 Å². The summed E-state index contributed by atoms with van der Waals surface area (Å²) in [4.78, 5) is 0. The Morgan fingerprint density at radius 1 is 0.444 bits per heavy atom. The largest absolute Gasteiger partial charge is 0.460 e. The topological polar surface area (TPSA) is 0 Å². The van der Waals surface area contributed by atoms with Gasteiger partial charge in [0.1, 0.15) is 0 Å². The van der Waals surface area contributed by atoms with Gasteiger partial charge in [0, 0.05) is 5.56 Å². The average molecular weight is 574 g/mol. The smallest absolute Gasteiger partial charge is 0.194 e. The average Bonchev–Trinajstić information content (AvgIpc) is 2.71. The third-order valence-electron chi connectivity index (χ3n) is 4.85. The molecule has 0 aliphatic carbocycles. The predicted octanol–water partition coefficient (Wildman–Crippen LogP) is 8.35. The number of aryl methyl sites for hydroxylation is 1. The second-order valence-corrected chi connectivity index (χ2v) is 7.10. The minimum atomic E-state index is -8.91. The van der Waals surface area contributed by atoms with Gasteiger partial charge in [-0.25, -0.2) is 0 Å². The Morgan fingerprint density at radius 2 is 0.750 bits per heavy atom. The van der Waals surface area contributed by atoms with Crippen LogP contribution in [0.2, 0.25) is 0 Å². The molecule has 0 saturated carbocycles. The molecule has 0 saturated heterocycles. The molecule has 0 radical (unpaired) electrons. The standard InChI is InChI=1S/C17H9F19/c1-2-7-5-3-4-6-8(7)9(18,19)10(20,21)11(22,23)12(24,25)13(26,27)14(28,29)15(30,31)16(32,33)17(34,35)36/h3-6H,2H2,1H3. The first-order valence-corrected chi connectivity index (χ1v) is 8.73. The van der Waals surface area contributed by atoms with Crippen LogP contribution in [0.1, 0.15) is 18.1 Å². The third kappa shape index (κ3) is 3.85. The van der Waals surface area contributed by atoms with Crippen molar-refractivity contribution in [3.05, 3.63) is 35.4 Å². The van der Waals surface area contributed by atoms with Gasteiger partial charge in [0.15, 0.2) is 0 Å². The summed E-state index contributed by atoms with van der Waals surface area (Å²) in [7, 11) is 0. The molecule has 0 spiro atoms. The molecule has 36 heavy (non-hydrogen) atoms. The zero-order valence-corrected chi connectivity index (χ0v) is 16.7. The van der Waals surface area contributed by atoms with E-state index in [0.717, 1.165) is 13.0 Å². The van der Waals surface area contributed by atoms with E-state index in [2.05, 4.69) is 0 Å². The molecule has 0 bridgehead atoms. The van der Waals surface area contributed by atoms with Crippen LogP contribution >= 0.6 is 0 Å². The second-order valence-electron chi connectivity index (χ2n) is 7.10. The van der Waals surface area contributed by atoms with Crippen LogP contribution in [-0.2, 0) is 12.3 Å². The van der Waals surface area contributed by atoms with Crippen LogP contribution in [0.4, 0.5) is 83.4 Å². The van der Waals surface area contributed by atoms with Crippen LogP contribution in [0.5, 0.6) is 0 Å². The highest BCUT2D eigenvalue weighted by Crippen LogP contribution is 2.66. The van der Waals surface area contributed by atoms with Crippen molar-refractivity contribution in [3.63, 3.8) is 0 Å². The molecule has 0 amide bonds. The van der Waals surface area contributed by atoms with Crippen molar-refractivity contribution in [1.29, 1.82) is 0 Å². The molecule has 1 aromatic carbocycles. The van der Waals surface area contributed by atoms with Crippen LogP contribution in [0.15, 0.2) is 24.3 Å². The first-order chi connectivity index (χ1) is 15.6. The molecule has 0 atom stereocenters. The molecule has 1 rings (SSSR count). The van der Waals surface area contributed by atoms with Gasteiger partial charge < -0.3 is 0 Å². The maximum absolute atomic E-state index is 14.3. The van der Waals surface area contributed by atoms with Crippen molar-refractivity contribution >= 4 is 0 Å². The van der Waals surface area contributed by atoms with Crippen LogP contribution < -0.4 is 0 Å². The quantitative estimate of drug-likeness (QED) is 0.260. The molecule has 0 aliphatic rings. The fraction of sp³-hybridized carbons (Fsp3) is 0.647. The molecule has 0 aliphatic heterocycles. The van der Waals surface area contributed by atoms with Gasteiger partial charge in [0.2, 0.25) is 0 Å². The zero-order valence-electron chi connectivity index (χ0n) is 16.7. The van der Waals surface area contributed by atoms with Crippen LogP contribution in [0.3, 0.4) is 0 Å². The summed E-state index contributed by atoms with van der Waals surface area (Å²) in [6, 6.07) is 1.67. The number of hydrogen-bond donors (Lipinski definition) is 0. The maximum atomic E-state index is 14.3. The molecule has 1 aromatic rings. The first-order valence-electron chi connectivity index (χ1n) is 8.73. The summed E-state index contributed by atoms with van der Waals surface area (Å²) < 4.78 is 254. The van der Waals surface area contributed by atoms with Gasteiger partial charge in [-0.3, -0.25) is 0 Å². The summed E-state index contributed by atoms with van der Waals surface area (Å²) in [5, 5.41) is 0. The lowest BCUT2D eigenvalue weighted by atomic mass is 9.85. The van der Waals surface area contributed by atoms with Crippen molar-refractivity contribution in [2.75, 3.05) is 0 Å². The Kier molecular flexibility index (Phi) is 7.50. The maximum Gasteiger partial charge on any atom is 0.460 e. The first kappa shape index (κ1) is 31.9. The molecule has 19 heteroatoms. The lowest BCUT2D eigenvalue weighted by Gasteiger charge is -2.44. The number of rotatable bonds is 9. The van der Waals surface area contributed by atoms with Crippen LogP contribution in [-0.4, -0.2) is 47.6 Å². The van der Waals surface area contributed by atoms with Crippen molar-refractivity contribution in [2.45, 2.75) is 66.9 Å². The Morgan fingerprint density at radius 3 is 1.08 bits per heavy atom. The number of halogens is 19. The Hall–Kier alpha value is -2.11. The molecule has 0 heterocycles. The Balaban J connectivity index is 3.82. The van der Waals surface area contributed by atoms with E-state index in [9.17, 15) is 83.4 Å². The molecular weight excluding hydrogens is 565 g/mol. The monoisotopic (exact) mass is 574 g/mol. The number of hydrogen-bond acceptors (Lipinski definition) is 0. The predicted molar refractivity (Wildman–Crippen MR) is 80.4 cm³/mol. The van der Waals surface area contributed by atoms with E-state index in [1.165, 1.54) is 0 Å². The Bertz CT molecular complexity index is 940. The number of benzene rings is 1. The molecular formula is C17H9F19. The molecule has 210 valence electrons. The van der Waals surface area contributed by atoms with Crippen LogP contribution in [0.25, 0.3) is 0 Å². The van der Waals surface area contributed by atoms with E-state index in [0.29, 0.717) is 12.1 Å². The minimum absolute atomic E-state index is 0.105. The summed E-state index contributed by atoms with van der Waals surface area (Å²) in [6.07, 6.45) is -8.62. The highest BCUT2D eigenvalue weighted by molar-refractivity contribution is 5.34. The SMILES string of the molecule is CCc1ccccc1C(F)(F)C(F)(F)C(F)(F)C(F)(F)C(F)(F)C(F)(F)C(F)(F)C(F)(F)C(F)(F)F.